The Morgan fingerprint density at radius 2 is 2.00 bits per heavy atom. The molecule has 15 heavy (non-hydrogen) atoms. The minimum absolute atomic E-state index is 0.0718. The first-order chi connectivity index (χ1) is 6.96. The number of hydrogen-bond donors (Lipinski definition) is 1. The number of likely N-dealkylation sites (N-methyl/N-ethyl adjacent to an activating group) is 1. The minimum Gasteiger partial charge on any atom is -0.465 e. The number of nitrogens with one attached hydrogen (secondary N) is 1. The summed E-state index contributed by atoms with van der Waals surface area (Å²) in [5, 5.41) is 3.32. The predicted molar refractivity (Wildman–Crippen MR) is 60.7 cm³/mol. The van der Waals surface area contributed by atoms with Crippen LogP contribution in [0.5, 0.6) is 0 Å². The monoisotopic (exact) mass is 213 g/mol. The lowest BCUT2D eigenvalue weighted by atomic mass is 9.87. The lowest BCUT2D eigenvalue weighted by molar-refractivity contribution is -0.151. The smallest absolute Gasteiger partial charge is 0.326 e. The lowest BCUT2D eigenvalue weighted by Crippen LogP contribution is -2.51. The molecule has 3 nitrogen and oxygen atoms in total. The number of ether oxygens (including phenoxy) is 1. The molecule has 1 saturated carbocycles. The average Bonchev–Trinajstić information content (AvgIpc) is 2.44. The van der Waals surface area contributed by atoms with Crippen molar-refractivity contribution in [3.8, 4) is 0 Å². The van der Waals surface area contributed by atoms with Crippen LogP contribution in [0.1, 0.15) is 47.0 Å². The highest BCUT2D eigenvalue weighted by molar-refractivity contribution is 5.81. The first-order valence-corrected chi connectivity index (χ1v) is 5.88. The molecule has 0 spiro atoms. The average molecular weight is 213 g/mol. The maximum Gasteiger partial charge on any atom is 0.326 e. The second kappa shape index (κ2) is 4.52. The normalized spacial score (nSPS) is 29.1. The number of carbonyl (C=O) groups excluding carboxylic acids is 1. The van der Waals surface area contributed by atoms with E-state index in [9.17, 15) is 4.79 Å². The van der Waals surface area contributed by atoms with E-state index in [2.05, 4.69) is 19.2 Å². The zero-order valence-corrected chi connectivity index (χ0v) is 10.4. The fraction of sp³-hybridized carbons (Fsp3) is 0.917. The molecule has 1 atom stereocenters. The molecule has 3 heteroatoms. The highest BCUT2D eigenvalue weighted by Gasteiger charge is 2.48. The van der Waals surface area contributed by atoms with Crippen molar-refractivity contribution >= 4 is 5.97 Å². The van der Waals surface area contributed by atoms with Crippen LogP contribution in [-0.4, -0.2) is 24.7 Å². The molecule has 0 amide bonds. The van der Waals surface area contributed by atoms with Gasteiger partial charge in [-0.15, -0.1) is 0 Å². The van der Waals surface area contributed by atoms with E-state index in [1.54, 1.807) is 0 Å². The Labute approximate surface area is 92.6 Å². The minimum atomic E-state index is -0.422. The van der Waals surface area contributed by atoms with E-state index in [0.717, 1.165) is 25.8 Å². The van der Waals surface area contributed by atoms with Crippen LogP contribution in [0.15, 0.2) is 0 Å². The molecule has 0 aromatic carbocycles. The number of hydrogen-bond acceptors (Lipinski definition) is 3. The fourth-order valence-corrected chi connectivity index (χ4v) is 2.55. The second-order valence-corrected chi connectivity index (χ2v) is 5.17. The molecule has 0 bridgehead atoms. The van der Waals surface area contributed by atoms with Gasteiger partial charge in [-0.25, -0.2) is 0 Å². The fourth-order valence-electron chi connectivity index (χ4n) is 2.55. The molecule has 1 rings (SSSR count). The third-order valence-electron chi connectivity index (χ3n) is 3.19. The molecule has 0 aromatic rings. The van der Waals surface area contributed by atoms with Gasteiger partial charge in [0.2, 0.25) is 0 Å². The van der Waals surface area contributed by atoms with Crippen molar-refractivity contribution in [3.05, 3.63) is 0 Å². The van der Waals surface area contributed by atoms with Crippen LogP contribution >= 0.6 is 0 Å². The number of rotatable bonds is 4. The van der Waals surface area contributed by atoms with Crippen molar-refractivity contribution in [2.24, 2.45) is 5.41 Å². The van der Waals surface area contributed by atoms with Crippen molar-refractivity contribution in [2.45, 2.75) is 52.5 Å². The summed E-state index contributed by atoms with van der Waals surface area (Å²) >= 11 is 0. The van der Waals surface area contributed by atoms with Crippen LogP contribution in [0.3, 0.4) is 0 Å². The second-order valence-electron chi connectivity index (χ2n) is 5.17. The summed E-state index contributed by atoms with van der Waals surface area (Å²) in [5.41, 5.74) is -0.177. The van der Waals surface area contributed by atoms with Gasteiger partial charge in [-0.1, -0.05) is 20.8 Å². The van der Waals surface area contributed by atoms with Gasteiger partial charge in [0.1, 0.15) is 5.54 Å². The molecule has 1 fully saturated rings. The largest absolute Gasteiger partial charge is 0.465 e. The van der Waals surface area contributed by atoms with E-state index in [0.29, 0.717) is 6.61 Å². The van der Waals surface area contributed by atoms with Gasteiger partial charge in [-0.2, -0.15) is 0 Å². The Morgan fingerprint density at radius 3 is 2.40 bits per heavy atom. The molecular weight excluding hydrogens is 190 g/mol. The van der Waals surface area contributed by atoms with Gasteiger partial charge in [0.25, 0.3) is 0 Å². The highest BCUT2D eigenvalue weighted by atomic mass is 16.5. The molecule has 1 unspecified atom stereocenters. The molecule has 1 aliphatic rings. The quantitative estimate of drug-likeness (QED) is 0.727. The summed E-state index contributed by atoms with van der Waals surface area (Å²) in [7, 11) is 0. The zero-order chi connectivity index (χ0) is 11.5. The van der Waals surface area contributed by atoms with E-state index < -0.39 is 5.54 Å². The summed E-state index contributed by atoms with van der Waals surface area (Å²) in [6.45, 7) is 9.60. The van der Waals surface area contributed by atoms with Crippen LogP contribution in [0.4, 0.5) is 0 Å². The summed E-state index contributed by atoms with van der Waals surface area (Å²) in [6.07, 6.45) is 2.86. The number of carbonyl (C=O) groups is 1. The van der Waals surface area contributed by atoms with E-state index in [-0.39, 0.29) is 11.4 Å². The third kappa shape index (κ3) is 2.71. The van der Waals surface area contributed by atoms with Gasteiger partial charge in [0.15, 0.2) is 0 Å². The Balaban J connectivity index is 2.77. The predicted octanol–water partition coefficient (Wildman–Crippen LogP) is 2.11. The summed E-state index contributed by atoms with van der Waals surface area (Å²) in [6, 6.07) is 0. The molecule has 0 aliphatic heterocycles. The van der Waals surface area contributed by atoms with Gasteiger partial charge < -0.3 is 10.1 Å². The van der Waals surface area contributed by atoms with Crippen molar-refractivity contribution in [3.63, 3.8) is 0 Å². The van der Waals surface area contributed by atoms with Gasteiger partial charge in [-0.05, 0) is 38.1 Å². The Hall–Kier alpha value is -0.570. The SMILES string of the molecule is CCNC1(C(=O)OCC)CCC(C)(C)C1. The molecule has 1 N–H and O–H groups in total. The van der Waals surface area contributed by atoms with E-state index in [1.807, 2.05) is 13.8 Å². The van der Waals surface area contributed by atoms with E-state index in [1.165, 1.54) is 0 Å². The molecule has 88 valence electrons. The van der Waals surface area contributed by atoms with E-state index >= 15 is 0 Å². The van der Waals surface area contributed by atoms with Gasteiger partial charge >= 0.3 is 5.97 Å². The van der Waals surface area contributed by atoms with Crippen molar-refractivity contribution < 1.29 is 9.53 Å². The van der Waals surface area contributed by atoms with Crippen LogP contribution in [0, 0.1) is 5.41 Å². The van der Waals surface area contributed by atoms with Crippen LogP contribution in [-0.2, 0) is 9.53 Å². The van der Waals surface area contributed by atoms with Gasteiger partial charge in [-0.3, -0.25) is 4.79 Å². The van der Waals surface area contributed by atoms with Crippen molar-refractivity contribution in [2.75, 3.05) is 13.2 Å². The van der Waals surface area contributed by atoms with Crippen LogP contribution in [0.2, 0.25) is 0 Å². The standard InChI is InChI=1S/C12H23NO2/c1-5-13-12(10(14)15-6-2)8-7-11(3,4)9-12/h13H,5-9H2,1-4H3. The molecule has 0 heterocycles. The summed E-state index contributed by atoms with van der Waals surface area (Å²) in [4.78, 5) is 12.0. The maximum atomic E-state index is 12.0. The Bertz CT molecular complexity index is 238. The lowest BCUT2D eigenvalue weighted by Gasteiger charge is -2.29. The topological polar surface area (TPSA) is 38.3 Å². The zero-order valence-electron chi connectivity index (χ0n) is 10.4. The molecular formula is C12H23NO2. The van der Waals surface area contributed by atoms with Gasteiger partial charge in [0, 0.05) is 0 Å². The first-order valence-electron chi connectivity index (χ1n) is 5.88. The number of esters is 1. The van der Waals surface area contributed by atoms with Crippen LogP contribution in [0.25, 0.3) is 0 Å². The molecule has 0 radical (unpaired) electrons. The Kier molecular flexibility index (Phi) is 3.77. The molecule has 1 aliphatic carbocycles. The third-order valence-corrected chi connectivity index (χ3v) is 3.19. The van der Waals surface area contributed by atoms with Crippen molar-refractivity contribution in [1.29, 1.82) is 0 Å². The van der Waals surface area contributed by atoms with Crippen LogP contribution < -0.4 is 5.32 Å². The maximum absolute atomic E-state index is 12.0. The summed E-state index contributed by atoms with van der Waals surface area (Å²) < 4.78 is 5.17. The molecule has 0 saturated heterocycles. The highest BCUT2D eigenvalue weighted by Crippen LogP contribution is 2.44. The molecule has 0 aromatic heterocycles. The van der Waals surface area contributed by atoms with Crippen molar-refractivity contribution in [1.82, 2.24) is 5.32 Å². The van der Waals surface area contributed by atoms with E-state index in [4.69, 9.17) is 4.74 Å². The summed E-state index contributed by atoms with van der Waals surface area (Å²) in [5.74, 6) is -0.0718. The first kappa shape index (κ1) is 12.5. The van der Waals surface area contributed by atoms with Gasteiger partial charge in [0.05, 0.1) is 6.61 Å². The Morgan fingerprint density at radius 1 is 1.33 bits per heavy atom.